The molecule has 0 radical (unpaired) electrons. The Kier molecular flexibility index (Phi) is 5.61. The molecule has 1 heterocycles. The van der Waals surface area contributed by atoms with Crippen molar-refractivity contribution in [3.05, 3.63) is 102 Å². The molecule has 4 aromatic rings. The van der Waals surface area contributed by atoms with Gasteiger partial charge in [0.05, 0.1) is 18.2 Å². The van der Waals surface area contributed by atoms with Crippen LogP contribution >= 0.6 is 0 Å². The summed E-state index contributed by atoms with van der Waals surface area (Å²) in [6.07, 6.45) is 1.67. The number of carbonyl (C=O) groups is 1. The number of fused-ring (bicyclic) bond motifs is 1. The van der Waals surface area contributed by atoms with Crippen molar-refractivity contribution < 1.29 is 14.6 Å². The van der Waals surface area contributed by atoms with Gasteiger partial charge in [0.2, 0.25) is 0 Å². The molecule has 0 aliphatic rings. The molecule has 0 aliphatic carbocycles. The third kappa shape index (κ3) is 3.96. The number of carbonyl (C=O) groups excluding carboxylic acids is 1. The van der Waals surface area contributed by atoms with Gasteiger partial charge in [-0.1, -0.05) is 54.6 Å². The minimum Gasteiger partial charge on any atom is -0.505 e. The van der Waals surface area contributed by atoms with Crippen LogP contribution < -0.4 is 5.32 Å². The molecule has 2 N–H and O–H groups in total. The van der Waals surface area contributed by atoms with E-state index in [1.807, 2.05) is 60.7 Å². The molecule has 4 rings (SSSR count). The molecule has 5 nitrogen and oxygen atoms in total. The van der Waals surface area contributed by atoms with E-state index in [0.717, 1.165) is 16.6 Å². The first-order valence-electron chi connectivity index (χ1n) is 9.82. The Hall–Kier alpha value is -3.86. The van der Waals surface area contributed by atoms with Gasteiger partial charge in [-0.15, -0.1) is 0 Å². The van der Waals surface area contributed by atoms with Gasteiger partial charge in [-0.2, -0.15) is 0 Å². The summed E-state index contributed by atoms with van der Waals surface area (Å²) in [5, 5.41) is 15.3. The van der Waals surface area contributed by atoms with Gasteiger partial charge < -0.3 is 15.2 Å². The van der Waals surface area contributed by atoms with Gasteiger partial charge in [0, 0.05) is 22.8 Å². The molecular formula is C25H22N2O3. The van der Waals surface area contributed by atoms with E-state index >= 15 is 0 Å². The lowest BCUT2D eigenvalue weighted by Crippen LogP contribution is -2.13. The molecule has 0 saturated carbocycles. The SMILES string of the molecule is CCOC(=O)c1cccc(N[C@@H](c2ccccc2)c2ccc3cccnc3c2O)c1. The van der Waals surface area contributed by atoms with Crippen LogP contribution in [0.5, 0.6) is 5.75 Å². The number of anilines is 1. The number of benzene rings is 3. The normalized spacial score (nSPS) is 11.8. The van der Waals surface area contributed by atoms with Crippen LogP contribution in [0.3, 0.4) is 0 Å². The van der Waals surface area contributed by atoms with Gasteiger partial charge in [-0.25, -0.2) is 4.79 Å². The molecule has 30 heavy (non-hydrogen) atoms. The molecule has 0 bridgehead atoms. The number of hydrogen-bond acceptors (Lipinski definition) is 5. The highest BCUT2D eigenvalue weighted by Crippen LogP contribution is 2.36. The van der Waals surface area contributed by atoms with Crippen molar-refractivity contribution in [2.75, 3.05) is 11.9 Å². The highest BCUT2D eigenvalue weighted by molar-refractivity contribution is 5.90. The van der Waals surface area contributed by atoms with Crippen molar-refractivity contribution in [3.63, 3.8) is 0 Å². The second-order valence-electron chi connectivity index (χ2n) is 6.87. The molecule has 0 unspecified atom stereocenters. The van der Waals surface area contributed by atoms with E-state index in [2.05, 4.69) is 10.3 Å². The summed E-state index contributed by atoms with van der Waals surface area (Å²) in [5.74, 6) is -0.230. The Morgan fingerprint density at radius 2 is 1.87 bits per heavy atom. The number of phenols is 1. The summed E-state index contributed by atoms with van der Waals surface area (Å²) in [6.45, 7) is 2.10. The van der Waals surface area contributed by atoms with E-state index in [1.165, 1.54) is 0 Å². The van der Waals surface area contributed by atoms with Gasteiger partial charge in [0.15, 0.2) is 0 Å². The Balaban J connectivity index is 1.77. The van der Waals surface area contributed by atoms with Crippen LogP contribution in [-0.4, -0.2) is 22.7 Å². The fraction of sp³-hybridized carbons (Fsp3) is 0.120. The maximum absolute atomic E-state index is 12.1. The summed E-state index contributed by atoms with van der Waals surface area (Å²) < 4.78 is 5.11. The molecule has 0 amide bonds. The zero-order chi connectivity index (χ0) is 20.9. The molecule has 150 valence electrons. The fourth-order valence-electron chi connectivity index (χ4n) is 3.48. The lowest BCUT2D eigenvalue weighted by Gasteiger charge is -2.23. The molecule has 1 aromatic heterocycles. The standard InChI is InChI=1S/C25H22N2O3/c1-2-30-25(29)19-10-6-12-20(16-19)27-22(17-8-4-3-5-9-17)21-14-13-18-11-7-15-26-23(18)24(21)28/h3-16,22,27-28H,2H2,1H3/t22-/m0/s1. The number of esters is 1. The monoisotopic (exact) mass is 398 g/mol. The molecule has 1 atom stereocenters. The first-order chi connectivity index (χ1) is 14.7. The Labute approximate surface area is 175 Å². The van der Waals surface area contributed by atoms with E-state index in [1.54, 1.807) is 31.3 Å². The molecule has 0 saturated heterocycles. The number of pyridine rings is 1. The topological polar surface area (TPSA) is 71.5 Å². The Morgan fingerprint density at radius 1 is 1.03 bits per heavy atom. The second-order valence-corrected chi connectivity index (χ2v) is 6.87. The summed E-state index contributed by atoms with van der Waals surface area (Å²) in [4.78, 5) is 16.5. The quantitative estimate of drug-likeness (QED) is 0.430. The number of ether oxygens (including phenoxy) is 1. The van der Waals surface area contributed by atoms with Crippen molar-refractivity contribution in [2.24, 2.45) is 0 Å². The lowest BCUT2D eigenvalue weighted by atomic mass is 9.96. The molecule has 0 spiro atoms. The summed E-state index contributed by atoms with van der Waals surface area (Å²) >= 11 is 0. The number of hydrogen-bond donors (Lipinski definition) is 2. The number of rotatable bonds is 6. The second kappa shape index (κ2) is 8.66. The van der Waals surface area contributed by atoms with E-state index in [-0.39, 0.29) is 17.8 Å². The predicted octanol–water partition coefficient (Wildman–Crippen LogP) is 5.32. The van der Waals surface area contributed by atoms with Crippen LogP contribution in [-0.2, 0) is 4.74 Å². The van der Waals surface area contributed by atoms with Crippen molar-refractivity contribution in [1.82, 2.24) is 4.98 Å². The average Bonchev–Trinajstić information content (AvgIpc) is 2.79. The van der Waals surface area contributed by atoms with Crippen LogP contribution in [0.2, 0.25) is 0 Å². The minimum atomic E-state index is -0.366. The summed E-state index contributed by atoms with van der Waals surface area (Å²) in [5.41, 5.74) is 3.45. The van der Waals surface area contributed by atoms with Crippen LogP contribution in [0.1, 0.15) is 34.5 Å². The largest absolute Gasteiger partial charge is 0.505 e. The van der Waals surface area contributed by atoms with E-state index in [9.17, 15) is 9.90 Å². The molecular weight excluding hydrogens is 376 g/mol. The number of aromatic hydroxyl groups is 1. The van der Waals surface area contributed by atoms with Gasteiger partial charge in [0.25, 0.3) is 0 Å². The van der Waals surface area contributed by atoms with Crippen molar-refractivity contribution in [1.29, 1.82) is 0 Å². The first kappa shape index (κ1) is 19.5. The molecule has 0 aliphatic heterocycles. The first-order valence-corrected chi connectivity index (χ1v) is 9.82. The minimum absolute atomic E-state index is 0.135. The third-order valence-electron chi connectivity index (χ3n) is 4.91. The van der Waals surface area contributed by atoms with Crippen molar-refractivity contribution in [2.45, 2.75) is 13.0 Å². The van der Waals surface area contributed by atoms with Crippen LogP contribution in [0.25, 0.3) is 10.9 Å². The molecule has 3 aromatic carbocycles. The Bertz CT molecular complexity index is 1180. The third-order valence-corrected chi connectivity index (χ3v) is 4.91. The van der Waals surface area contributed by atoms with Crippen LogP contribution in [0.4, 0.5) is 5.69 Å². The Morgan fingerprint density at radius 3 is 2.67 bits per heavy atom. The number of phenolic OH excluding ortho intramolecular Hbond substituents is 1. The highest BCUT2D eigenvalue weighted by Gasteiger charge is 2.20. The van der Waals surface area contributed by atoms with E-state index < -0.39 is 0 Å². The molecule has 0 fully saturated rings. The number of nitrogens with one attached hydrogen (secondary N) is 1. The van der Waals surface area contributed by atoms with Crippen molar-refractivity contribution >= 4 is 22.6 Å². The van der Waals surface area contributed by atoms with Gasteiger partial charge in [-0.05, 0) is 36.8 Å². The highest BCUT2D eigenvalue weighted by atomic mass is 16.5. The summed E-state index contributed by atoms with van der Waals surface area (Å²) in [6, 6.07) is 24.3. The average molecular weight is 398 g/mol. The number of aromatic nitrogens is 1. The maximum Gasteiger partial charge on any atom is 0.338 e. The van der Waals surface area contributed by atoms with E-state index in [4.69, 9.17) is 4.74 Å². The van der Waals surface area contributed by atoms with Crippen LogP contribution in [0, 0.1) is 0 Å². The van der Waals surface area contributed by atoms with Gasteiger partial charge >= 0.3 is 5.97 Å². The zero-order valence-electron chi connectivity index (χ0n) is 16.6. The maximum atomic E-state index is 12.1. The summed E-state index contributed by atoms with van der Waals surface area (Å²) in [7, 11) is 0. The van der Waals surface area contributed by atoms with Gasteiger partial charge in [0.1, 0.15) is 11.3 Å². The molecule has 5 heteroatoms. The predicted molar refractivity (Wildman–Crippen MR) is 118 cm³/mol. The smallest absolute Gasteiger partial charge is 0.338 e. The van der Waals surface area contributed by atoms with E-state index in [0.29, 0.717) is 23.3 Å². The van der Waals surface area contributed by atoms with Gasteiger partial charge in [-0.3, -0.25) is 4.98 Å². The van der Waals surface area contributed by atoms with Crippen LogP contribution in [0.15, 0.2) is 85.1 Å². The fourth-order valence-corrected chi connectivity index (χ4v) is 3.48. The number of nitrogens with zero attached hydrogens (tertiary/aromatic N) is 1. The zero-order valence-corrected chi connectivity index (χ0v) is 16.6. The van der Waals surface area contributed by atoms with Crippen molar-refractivity contribution in [3.8, 4) is 5.75 Å². The lowest BCUT2D eigenvalue weighted by molar-refractivity contribution is 0.0526.